The van der Waals surface area contributed by atoms with Crippen LogP contribution in [0.5, 0.6) is 0 Å². The molecule has 2 aliphatic carbocycles. The topological polar surface area (TPSA) is 32.3 Å². The number of urea groups is 1. The highest BCUT2D eigenvalue weighted by molar-refractivity contribution is 5.75. The number of hydrogen-bond donors (Lipinski definition) is 1. The van der Waals surface area contributed by atoms with Gasteiger partial charge in [-0.05, 0) is 44.4 Å². The molecule has 6 heteroatoms. The van der Waals surface area contributed by atoms with Crippen LogP contribution in [-0.2, 0) is 0 Å². The third-order valence-electron chi connectivity index (χ3n) is 5.18. The first-order valence-corrected chi connectivity index (χ1v) is 7.59. The fourth-order valence-corrected chi connectivity index (χ4v) is 3.97. The van der Waals surface area contributed by atoms with Gasteiger partial charge in [-0.15, -0.1) is 0 Å². The zero-order valence-electron chi connectivity index (χ0n) is 11.5. The van der Waals surface area contributed by atoms with Gasteiger partial charge in [0.15, 0.2) is 0 Å². The molecule has 3 nitrogen and oxygen atoms in total. The zero-order chi connectivity index (χ0) is 14.3. The summed E-state index contributed by atoms with van der Waals surface area (Å²) in [7, 11) is 0. The minimum Gasteiger partial charge on any atom is -0.335 e. The van der Waals surface area contributed by atoms with Crippen molar-refractivity contribution in [3.8, 4) is 0 Å². The largest absolute Gasteiger partial charge is 0.391 e. The van der Waals surface area contributed by atoms with Gasteiger partial charge < -0.3 is 10.2 Å². The Bertz CT molecular complexity index is 379. The van der Waals surface area contributed by atoms with Gasteiger partial charge in [0.05, 0.1) is 5.92 Å². The Balaban J connectivity index is 1.50. The molecule has 114 valence electrons. The lowest BCUT2D eigenvalue weighted by Crippen LogP contribution is -2.56. The van der Waals surface area contributed by atoms with Crippen LogP contribution in [0, 0.1) is 11.8 Å². The van der Waals surface area contributed by atoms with Crippen LogP contribution in [-0.4, -0.2) is 35.7 Å². The van der Waals surface area contributed by atoms with Crippen molar-refractivity contribution in [2.45, 2.75) is 63.2 Å². The molecule has 2 saturated carbocycles. The smallest absolute Gasteiger partial charge is 0.335 e. The molecule has 1 heterocycles. The van der Waals surface area contributed by atoms with Crippen LogP contribution in [0.1, 0.15) is 44.9 Å². The molecule has 3 rings (SSSR count). The highest BCUT2D eigenvalue weighted by atomic mass is 19.4. The van der Waals surface area contributed by atoms with E-state index in [1.165, 1.54) is 19.3 Å². The van der Waals surface area contributed by atoms with Crippen LogP contribution in [0.2, 0.25) is 0 Å². The molecule has 3 aliphatic rings. The van der Waals surface area contributed by atoms with Crippen molar-refractivity contribution in [1.82, 2.24) is 10.2 Å². The fourth-order valence-electron chi connectivity index (χ4n) is 3.97. The summed E-state index contributed by atoms with van der Waals surface area (Å²) in [6.07, 6.45) is 1.58. The Morgan fingerprint density at radius 2 is 1.80 bits per heavy atom. The first kappa shape index (κ1) is 14.0. The maximum atomic E-state index is 12.4. The van der Waals surface area contributed by atoms with E-state index >= 15 is 0 Å². The standard InChI is InChI=1S/C14H21F3N2O/c15-14(16,17)10-7-11(8-10)18-13(20)19-6-2-4-9-3-1-5-12(9)19/h9-12H,1-8H2,(H,18,20). The molecule has 1 saturated heterocycles. The van der Waals surface area contributed by atoms with Crippen LogP contribution in [0.4, 0.5) is 18.0 Å². The lowest BCUT2D eigenvalue weighted by Gasteiger charge is -2.41. The SMILES string of the molecule is O=C(NC1CC(C(F)(F)F)C1)N1CCCC2CCCC21. The molecule has 2 amide bonds. The number of likely N-dealkylation sites (tertiary alicyclic amines) is 1. The summed E-state index contributed by atoms with van der Waals surface area (Å²) in [6, 6.07) is -0.120. The van der Waals surface area contributed by atoms with Gasteiger partial charge in [0.1, 0.15) is 0 Å². The van der Waals surface area contributed by atoms with Gasteiger partial charge in [-0.25, -0.2) is 4.79 Å². The molecule has 0 bridgehead atoms. The Morgan fingerprint density at radius 3 is 2.50 bits per heavy atom. The summed E-state index contributed by atoms with van der Waals surface area (Å²) in [5.41, 5.74) is 0. The molecule has 1 aliphatic heterocycles. The van der Waals surface area contributed by atoms with E-state index in [0.29, 0.717) is 12.0 Å². The number of carbonyl (C=O) groups excluding carboxylic acids is 1. The second-order valence-electron chi connectivity index (χ2n) is 6.45. The van der Waals surface area contributed by atoms with Crippen molar-refractivity contribution < 1.29 is 18.0 Å². The second kappa shape index (κ2) is 5.11. The number of fused-ring (bicyclic) bond motifs is 1. The molecule has 20 heavy (non-hydrogen) atoms. The summed E-state index contributed by atoms with van der Waals surface area (Å²) < 4.78 is 37.3. The van der Waals surface area contributed by atoms with Crippen LogP contribution in [0.3, 0.4) is 0 Å². The van der Waals surface area contributed by atoms with Gasteiger partial charge in [-0.3, -0.25) is 0 Å². The van der Waals surface area contributed by atoms with E-state index < -0.39 is 12.1 Å². The quantitative estimate of drug-likeness (QED) is 0.789. The summed E-state index contributed by atoms with van der Waals surface area (Å²) in [5, 5.41) is 2.79. The Hall–Kier alpha value is -0.940. The first-order chi connectivity index (χ1) is 9.45. The molecule has 1 N–H and O–H groups in total. The van der Waals surface area contributed by atoms with Crippen molar-refractivity contribution >= 4 is 6.03 Å². The maximum Gasteiger partial charge on any atom is 0.391 e. The van der Waals surface area contributed by atoms with Gasteiger partial charge in [0.2, 0.25) is 0 Å². The summed E-state index contributed by atoms with van der Waals surface area (Å²) in [5.74, 6) is -0.618. The van der Waals surface area contributed by atoms with Crippen molar-refractivity contribution in [2.75, 3.05) is 6.54 Å². The van der Waals surface area contributed by atoms with Gasteiger partial charge >= 0.3 is 12.2 Å². The maximum absolute atomic E-state index is 12.4. The average molecular weight is 290 g/mol. The molecule has 0 aromatic carbocycles. The molecule has 0 aromatic heterocycles. The first-order valence-electron chi connectivity index (χ1n) is 7.59. The number of halogens is 3. The highest BCUT2D eigenvalue weighted by Gasteiger charge is 2.48. The molecule has 3 fully saturated rings. The lowest BCUT2D eigenvalue weighted by molar-refractivity contribution is -0.198. The van der Waals surface area contributed by atoms with Gasteiger partial charge in [-0.2, -0.15) is 13.2 Å². The number of nitrogens with zero attached hydrogens (tertiary/aromatic N) is 1. The van der Waals surface area contributed by atoms with Gasteiger partial charge in [0, 0.05) is 18.6 Å². The van der Waals surface area contributed by atoms with E-state index in [1.54, 1.807) is 0 Å². The Morgan fingerprint density at radius 1 is 1.10 bits per heavy atom. The van der Waals surface area contributed by atoms with Crippen LogP contribution in [0.25, 0.3) is 0 Å². The van der Waals surface area contributed by atoms with E-state index in [9.17, 15) is 18.0 Å². The van der Waals surface area contributed by atoms with Gasteiger partial charge in [0.25, 0.3) is 0 Å². The number of hydrogen-bond acceptors (Lipinski definition) is 1. The molecule has 0 radical (unpaired) electrons. The van der Waals surface area contributed by atoms with Crippen LogP contribution < -0.4 is 5.32 Å². The Labute approximate surface area is 116 Å². The van der Waals surface area contributed by atoms with E-state index in [4.69, 9.17) is 0 Å². The molecule has 0 spiro atoms. The predicted octanol–water partition coefficient (Wildman–Crippen LogP) is 3.30. The van der Waals surface area contributed by atoms with Crippen LogP contribution in [0.15, 0.2) is 0 Å². The van der Waals surface area contributed by atoms with Crippen LogP contribution >= 0.6 is 0 Å². The molecule has 2 atom stereocenters. The van der Waals surface area contributed by atoms with E-state index in [2.05, 4.69) is 5.32 Å². The Kier molecular flexibility index (Phi) is 3.58. The third-order valence-corrected chi connectivity index (χ3v) is 5.18. The number of rotatable bonds is 1. The van der Waals surface area contributed by atoms with E-state index in [0.717, 1.165) is 19.4 Å². The van der Waals surface area contributed by atoms with Crippen molar-refractivity contribution in [3.05, 3.63) is 0 Å². The number of piperidine rings is 1. The monoisotopic (exact) mass is 290 g/mol. The van der Waals surface area contributed by atoms with Gasteiger partial charge in [-0.1, -0.05) is 6.42 Å². The normalized spacial score (nSPS) is 37.2. The fraction of sp³-hybridized carbons (Fsp3) is 0.929. The van der Waals surface area contributed by atoms with E-state index in [-0.39, 0.29) is 24.9 Å². The number of alkyl halides is 3. The number of nitrogens with one attached hydrogen (secondary N) is 1. The molecule has 2 unspecified atom stereocenters. The lowest BCUT2D eigenvalue weighted by atomic mass is 9.80. The highest BCUT2D eigenvalue weighted by Crippen LogP contribution is 2.41. The average Bonchev–Trinajstić information content (AvgIpc) is 2.79. The minimum absolute atomic E-state index is 0.0389. The predicted molar refractivity (Wildman–Crippen MR) is 68.2 cm³/mol. The van der Waals surface area contributed by atoms with Crippen molar-refractivity contribution in [3.63, 3.8) is 0 Å². The summed E-state index contributed by atoms with van der Waals surface area (Å²) in [4.78, 5) is 14.1. The second-order valence-corrected chi connectivity index (χ2v) is 6.45. The number of carbonyl (C=O) groups is 1. The van der Waals surface area contributed by atoms with Crippen molar-refractivity contribution in [1.29, 1.82) is 0 Å². The van der Waals surface area contributed by atoms with E-state index in [1.807, 2.05) is 4.90 Å². The van der Waals surface area contributed by atoms with Crippen molar-refractivity contribution in [2.24, 2.45) is 11.8 Å². The number of amides is 2. The minimum atomic E-state index is -4.11. The summed E-state index contributed by atoms with van der Waals surface area (Å²) in [6.45, 7) is 0.752. The molecular weight excluding hydrogens is 269 g/mol. The summed E-state index contributed by atoms with van der Waals surface area (Å²) >= 11 is 0. The molecule has 0 aromatic rings. The third kappa shape index (κ3) is 2.61. The zero-order valence-corrected chi connectivity index (χ0v) is 11.5. The molecular formula is C14H21F3N2O.